The van der Waals surface area contributed by atoms with Gasteiger partial charge in [-0.05, 0) is 18.9 Å². The number of quaternary nitrogens is 1. The Morgan fingerprint density at radius 1 is 1.26 bits per heavy atom. The largest absolute Gasteiger partial charge is 1.00 e. The van der Waals surface area contributed by atoms with Crippen molar-refractivity contribution in [3.8, 4) is 11.4 Å². The molecule has 2 aromatic rings. The zero-order valence-corrected chi connectivity index (χ0v) is 16.0. The van der Waals surface area contributed by atoms with Crippen LogP contribution in [0.1, 0.15) is 24.3 Å². The van der Waals surface area contributed by atoms with Crippen LogP contribution in [0, 0.1) is 18.8 Å². The van der Waals surface area contributed by atoms with E-state index in [0.717, 1.165) is 29.6 Å². The minimum absolute atomic E-state index is 0. The standard InChI is InChI=1S/C18H24N3O.HI/c1-13-4-3-5-15(10-13)18-19-17(22-20-18)11-16-12-21(2)8-6-14(16)7-9-21;/h3-5,10,14,16H,6-9,11-12H2,1-2H3;1H/q+1;/p-1. The fourth-order valence-corrected chi connectivity index (χ4v) is 4.28. The Morgan fingerprint density at radius 2 is 2.04 bits per heavy atom. The number of aromatic nitrogens is 2. The maximum atomic E-state index is 5.53. The molecular formula is C18H24IN3O. The lowest BCUT2D eigenvalue weighted by molar-refractivity contribution is -0.929. The van der Waals surface area contributed by atoms with E-state index in [1.54, 1.807) is 0 Å². The van der Waals surface area contributed by atoms with E-state index in [9.17, 15) is 0 Å². The summed E-state index contributed by atoms with van der Waals surface area (Å²) in [6.07, 6.45) is 3.66. The van der Waals surface area contributed by atoms with E-state index in [-0.39, 0.29) is 24.0 Å². The van der Waals surface area contributed by atoms with Gasteiger partial charge in [0.1, 0.15) is 0 Å². The number of benzene rings is 1. The first-order chi connectivity index (χ1) is 10.6. The molecule has 3 aliphatic rings. The highest BCUT2D eigenvalue weighted by molar-refractivity contribution is 5.55. The average Bonchev–Trinajstić information content (AvgIpc) is 2.96. The Morgan fingerprint density at radius 3 is 2.74 bits per heavy atom. The van der Waals surface area contributed by atoms with Crippen molar-refractivity contribution in [3.63, 3.8) is 0 Å². The van der Waals surface area contributed by atoms with E-state index in [2.05, 4.69) is 36.2 Å². The first-order valence-electron chi connectivity index (χ1n) is 8.34. The maximum absolute atomic E-state index is 5.53. The van der Waals surface area contributed by atoms with E-state index in [0.29, 0.717) is 5.92 Å². The molecule has 5 rings (SSSR count). The van der Waals surface area contributed by atoms with E-state index >= 15 is 0 Å². The molecule has 3 aliphatic heterocycles. The first kappa shape index (κ1) is 16.9. The molecule has 4 nitrogen and oxygen atoms in total. The van der Waals surface area contributed by atoms with Crippen molar-refractivity contribution in [2.75, 3.05) is 26.7 Å². The fourth-order valence-electron chi connectivity index (χ4n) is 4.28. The van der Waals surface area contributed by atoms with Gasteiger partial charge >= 0.3 is 0 Å². The topological polar surface area (TPSA) is 38.9 Å². The summed E-state index contributed by atoms with van der Waals surface area (Å²) in [7, 11) is 2.40. The Hall–Kier alpha value is -0.950. The predicted molar refractivity (Wildman–Crippen MR) is 85.2 cm³/mol. The Balaban J connectivity index is 0.00000156. The molecule has 0 amide bonds. The van der Waals surface area contributed by atoms with E-state index < -0.39 is 0 Å². The summed E-state index contributed by atoms with van der Waals surface area (Å²) in [5.74, 6) is 3.09. The van der Waals surface area contributed by atoms with Gasteiger partial charge in [-0.3, -0.25) is 0 Å². The van der Waals surface area contributed by atoms with Crippen LogP contribution in [0.2, 0.25) is 0 Å². The minimum atomic E-state index is 0. The third kappa shape index (κ3) is 3.45. The first-order valence-corrected chi connectivity index (χ1v) is 8.34. The van der Waals surface area contributed by atoms with E-state index in [1.165, 1.54) is 42.5 Å². The van der Waals surface area contributed by atoms with Gasteiger partial charge in [0.25, 0.3) is 0 Å². The monoisotopic (exact) mass is 425 g/mol. The molecule has 23 heavy (non-hydrogen) atoms. The molecule has 124 valence electrons. The van der Waals surface area contributed by atoms with Gasteiger partial charge in [0.05, 0.1) is 26.7 Å². The molecule has 4 heterocycles. The zero-order valence-electron chi connectivity index (χ0n) is 13.8. The quantitative estimate of drug-likeness (QED) is 0.517. The summed E-state index contributed by atoms with van der Waals surface area (Å²) in [5, 5.41) is 4.18. The molecule has 1 atom stereocenters. The van der Waals surface area contributed by atoms with Crippen LogP contribution in [0.5, 0.6) is 0 Å². The van der Waals surface area contributed by atoms with Crippen LogP contribution in [0.25, 0.3) is 11.4 Å². The van der Waals surface area contributed by atoms with Crippen LogP contribution in [0.4, 0.5) is 0 Å². The molecule has 1 unspecified atom stereocenters. The number of aryl methyl sites for hydroxylation is 1. The van der Waals surface area contributed by atoms with E-state index in [4.69, 9.17) is 4.52 Å². The third-order valence-electron chi connectivity index (χ3n) is 5.60. The molecule has 2 bridgehead atoms. The molecule has 0 spiro atoms. The molecule has 0 saturated carbocycles. The van der Waals surface area contributed by atoms with Gasteiger partial charge in [0.15, 0.2) is 0 Å². The highest BCUT2D eigenvalue weighted by Gasteiger charge is 2.43. The summed E-state index contributed by atoms with van der Waals surface area (Å²) >= 11 is 0. The van der Waals surface area contributed by atoms with Gasteiger partial charge in [0, 0.05) is 30.7 Å². The lowest BCUT2D eigenvalue weighted by Crippen LogP contribution is -3.00. The smallest absolute Gasteiger partial charge is 0.227 e. The van der Waals surface area contributed by atoms with Crippen molar-refractivity contribution in [1.82, 2.24) is 10.1 Å². The van der Waals surface area contributed by atoms with Crippen LogP contribution >= 0.6 is 0 Å². The van der Waals surface area contributed by atoms with Crippen LogP contribution in [-0.4, -0.2) is 41.3 Å². The third-order valence-corrected chi connectivity index (χ3v) is 5.60. The summed E-state index contributed by atoms with van der Waals surface area (Å²) in [5.41, 5.74) is 2.27. The highest BCUT2D eigenvalue weighted by Crippen LogP contribution is 2.38. The number of fused-ring (bicyclic) bond motifs is 3. The predicted octanol–water partition coefficient (Wildman–Crippen LogP) is 0.0779. The minimum Gasteiger partial charge on any atom is -1.00 e. The van der Waals surface area contributed by atoms with Crippen LogP contribution in [0.15, 0.2) is 28.8 Å². The van der Waals surface area contributed by atoms with Gasteiger partial charge in [-0.1, -0.05) is 28.9 Å². The Kier molecular flexibility index (Phi) is 4.78. The van der Waals surface area contributed by atoms with Crippen LogP contribution in [-0.2, 0) is 6.42 Å². The lowest BCUT2D eigenvalue weighted by atomic mass is 9.76. The number of nitrogens with zero attached hydrogens (tertiary/aromatic N) is 3. The molecule has 5 heteroatoms. The number of piperidine rings is 3. The molecule has 3 fully saturated rings. The van der Waals surface area contributed by atoms with Gasteiger partial charge in [-0.25, -0.2) is 0 Å². The van der Waals surface area contributed by atoms with Crippen molar-refractivity contribution < 1.29 is 33.0 Å². The summed E-state index contributed by atoms with van der Waals surface area (Å²) in [6, 6.07) is 8.28. The van der Waals surface area contributed by atoms with Gasteiger partial charge in [0.2, 0.25) is 11.7 Å². The molecule has 1 aromatic carbocycles. The lowest BCUT2D eigenvalue weighted by Gasteiger charge is -2.50. The second-order valence-corrected chi connectivity index (χ2v) is 7.43. The van der Waals surface area contributed by atoms with Gasteiger partial charge < -0.3 is 33.0 Å². The van der Waals surface area contributed by atoms with Crippen molar-refractivity contribution in [2.45, 2.75) is 26.2 Å². The zero-order chi connectivity index (χ0) is 15.2. The summed E-state index contributed by atoms with van der Waals surface area (Å²) in [6.45, 7) is 6.05. The van der Waals surface area contributed by atoms with Crippen LogP contribution in [0.3, 0.4) is 0 Å². The van der Waals surface area contributed by atoms with Crippen LogP contribution < -0.4 is 24.0 Å². The molecule has 0 aliphatic carbocycles. The molecule has 0 radical (unpaired) electrons. The summed E-state index contributed by atoms with van der Waals surface area (Å²) < 4.78 is 6.77. The fraction of sp³-hybridized carbons (Fsp3) is 0.556. The molecule has 3 saturated heterocycles. The van der Waals surface area contributed by atoms with Crippen molar-refractivity contribution in [3.05, 3.63) is 35.7 Å². The SMILES string of the molecule is Cc1cccc(-c2noc(CC3C[N+]4(C)CCC3CC4)n2)c1.[I-]. The molecular weight excluding hydrogens is 401 g/mol. The normalized spacial score (nSPS) is 29.3. The average molecular weight is 425 g/mol. The Bertz CT molecular complexity index is 676. The van der Waals surface area contributed by atoms with E-state index in [1.807, 2.05) is 12.1 Å². The van der Waals surface area contributed by atoms with Gasteiger partial charge in [-0.2, -0.15) is 4.98 Å². The van der Waals surface area contributed by atoms with Crippen molar-refractivity contribution in [1.29, 1.82) is 0 Å². The second-order valence-electron chi connectivity index (χ2n) is 7.43. The number of halogens is 1. The van der Waals surface area contributed by atoms with Gasteiger partial charge in [-0.15, -0.1) is 0 Å². The second kappa shape index (κ2) is 6.51. The Labute approximate surface area is 154 Å². The number of rotatable bonds is 3. The number of hydrogen-bond acceptors (Lipinski definition) is 3. The highest BCUT2D eigenvalue weighted by atomic mass is 127. The summed E-state index contributed by atoms with van der Waals surface area (Å²) in [4.78, 5) is 4.64. The maximum Gasteiger partial charge on any atom is 0.227 e. The molecule has 1 aromatic heterocycles. The van der Waals surface area contributed by atoms with Crippen molar-refractivity contribution in [2.24, 2.45) is 11.8 Å². The number of hydrogen-bond donors (Lipinski definition) is 0. The van der Waals surface area contributed by atoms with Crippen molar-refractivity contribution >= 4 is 0 Å². The molecule has 0 N–H and O–H groups in total.